The Morgan fingerprint density at radius 1 is 1.22 bits per heavy atom. The molecule has 0 spiro atoms. The van der Waals surface area contributed by atoms with Gasteiger partial charge in [-0.25, -0.2) is 0 Å². The summed E-state index contributed by atoms with van der Waals surface area (Å²) >= 11 is 0. The molecule has 2 unspecified atom stereocenters. The summed E-state index contributed by atoms with van der Waals surface area (Å²) in [5.74, 6) is 1.64. The van der Waals surface area contributed by atoms with Crippen LogP contribution in [0.3, 0.4) is 0 Å². The Hall–Kier alpha value is -1.26. The fourth-order valence-corrected chi connectivity index (χ4v) is 2.06. The van der Waals surface area contributed by atoms with Crippen molar-refractivity contribution in [3.05, 3.63) is 23.8 Å². The fraction of sp³-hybridized carbons (Fsp3) is 0.571. The molecule has 0 aromatic heterocycles. The average Bonchev–Trinajstić information content (AvgIpc) is 2.38. The molecule has 0 amide bonds. The van der Waals surface area contributed by atoms with E-state index in [1.54, 1.807) is 20.3 Å². The van der Waals surface area contributed by atoms with Gasteiger partial charge in [0.25, 0.3) is 0 Å². The smallest absolute Gasteiger partial charge is 0.128 e. The van der Waals surface area contributed by atoms with Crippen LogP contribution in [-0.4, -0.2) is 25.9 Å². The van der Waals surface area contributed by atoms with Gasteiger partial charge in [-0.05, 0) is 24.6 Å². The summed E-state index contributed by atoms with van der Waals surface area (Å²) in [6.07, 6.45) is -0.629. The lowest BCUT2D eigenvalue weighted by molar-refractivity contribution is 0.0836. The van der Waals surface area contributed by atoms with Crippen LogP contribution in [0, 0.1) is 11.8 Å². The first kappa shape index (κ1) is 14.8. The third-order valence-corrected chi connectivity index (χ3v) is 3.29. The minimum absolute atomic E-state index is 0.00675. The first-order valence-corrected chi connectivity index (χ1v) is 6.15. The van der Waals surface area contributed by atoms with Crippen molar-refractivity contribution in [3.63, 3.8) is 0 Å². The molecule has 4 heteroatoms. The zero-order chi connectivity index (χ0) is 13.7. The highest BCUT2D eigenvalue weighted by molar-refractivity contribution is 5.42. The van der Waals surface area contributed by atoms with E-state index < -0.39 is 6.10 Å². The third kappa shape index (κ3) is 3.15. The molecule has 0 aliphatic rings. The van der Waals surface area contributed by atoms with Crippen LogP contribution >= 0.6 is 0 Å². The number of nitrogens with two attached hydrogens (primary N) is 1. The van der Waals surface area contributed by atoms with Crippen LogP contribution in [0.1, 0.15) is 25.5 Å². The predicted octanol–water partition coefficient (Wildman–Crippen LogP) is 1.97. The Kier molecular flexibility index (Phi) is 5.44. The molecule has 1 aromatic rings. The fourth-order valence-electron chi connectivity index (χ4n) is 2.06. The van der Waals surface area contributed by atoms with Crippen molar-refractivity contribution in [1.82, 2.24) is 0 Å². The van der Waals surface area contributed by atoms with Crippen LogP contribution < -0.4 is 15.2 Å². The molecule has 1 aromatic carbocycles. The largest absolute Gasteiger partial charge is 0.497 e. The summed E-state index contributed by atoms with van der Waals surface area (Å²) in [5.41, 5.74) is 6.49. The van der Waals surface area contributed by atoms with Gasteiger partial charge in [0.2, 0.25) is 0 Å². The number of hydrogen-bond acceptors (Lipinski definition) is 4. The lowest BCUT2D eigenvalue weighted by Crippen LogP contribution is -2.27. The van der Waals surface area contributed by atoms with Gasteiger partial charge in [0.1, 0.15) is 11.5 Å². The molecule has 0 saturated heterocycles. The molecular weight excluding hydrogens is 230 g/mol. The molecule has 0 radical (unpaired) electrons. The number of hydrogen-bond donors (Lipinski definition) is 2. The zero-order valence-corrected chi connectivity index (χ0v) is 11.5. The van der Waals surface area contributed by atoms with Crippen LogP contribution in [0.25, 0.3) is 0 Å². The second kappa shape index (κ2) is 6.61. The quantitative estimate of drug-likeness (QED) is 0.813. The molecule has 18 heavy (non-hydrogen) atoms. The molecular formula is C14H23NO3. The Labute approximate surface area is 109 Å². The molecule has 2 atom stereocenters. The van der Waals surface area contributed by atoms with Crippen LogP contribution in [0.2, 0.25) is 0 Å². The molecule has 4 nitrogen and oxygen atoms in total. The van der Waals surface area contributed by atoms with Gasteiger partial charge in [0.05, 0.1) is 20.3 Å². The molecule has 102 valence electrons. The molecule has 1 rings (SSSR count). The van der Waals surface area contributed by atoms with Gasteiger partial charge in [0.15, 0.2) is 0 Å². The van der Waals surface area contributed by atoms with Crippen LogP contribution in [0.5, 0.6) is 11.5 Å². The normalized spacial score (nSPS) is 14.4. The molecule has 0 bridgehead atoms. The second-order valence-corrected chi connectivity index (χ2v) is 4.70. The maximum absolute atomic E-state index is 10.4. The van der Waals surface area contributed by atoms with Crippen LogP contribution in [-0.2, 0) is 0 Å². The SMILES string of the molecule is COc1ccc(C(O)C(CN)C(C)C)c(OC)c1. The van der Waals surface area contributed by atoms with E-state index in [1.165, 1.54) is 0 Å². The number of benzene rings is 1. The second-order valence-electron chi connectivity index (χ2n) is 4.70. The van der Waals surface area contributed by atoms with Crippen molar-refractivity contribution in [2.24, 2.45) is 17.6 Å². The van der Waals surface area contributed by atoms with E-state index >= 15 is 0 Å². The van der Waals surface area contributed by atoms with Gasteiger partial charge in [-0.2, -0.15) is 0 Å². The molecule has 0 saturated carbocycles. The van der Waals surface area contributed by atoms with E-state index in [9.17, 15) is 5.11 Å². The molecule has 0 fully saturated rings. The topological polar surface area (TPSA) is 64.7 Å². The highest BCUT2D eigenvalue weighted by atomic mass is 16.5. The van der Waals surface area contributed by atoms with E-state index in [1.807, 2.05) is 12.1 Å². The van der Waals surface area contributed by atoms with Gasteiger partial charge < -0.3 is 20.3 Å². The van der Waals surface area contributed by atoms with Gasteiger partial charge in [-0.15, -0.1) is 0 Å². The first-order valence-electron chi connectivity index (χ1n) is 6.15. The van der Waals surface area contributed by atoms with E-state index in [2.05, 4.69) is 13.8 Å². The summed E-state index contributed by atoms with van der Waals surface area (Å²) < 4.78 is 10.4. The number of aliphatic hydroxyl groups is 1. The number of ether oxygens (including phenoxy) is 2. The number of aliphatic hydroxyl groups excluding tert-OH is 1. The van der Waals surface area contributed by atoms with Crippen molar-refractivity contribution in [2.75, 3.05) is 20.8 Å². The maximum Gasteiger partial charge on any atom is 0.128 e. The van der Waals surface area contributed by atoms with E-state index in [0.717, 1.165) is 5.56 Å². The Morgan fingerprint density at radius 2 is 1.89 bits per heavy atom. The molecule has 3 N–H and O–H groups in total. The van der Waals surface area contributed by atoms with Gasteiger partial charge in [-0.3, -0.25) is 0 Å². The molecule has 0 aliphatic heterocycles. The molecule has 0 heterocycles. The van der Waals surface area contributed by atoms with E-state index in [0.29, 0.717) is 24.0 Å². The minimum atomic E-state index is -0.629. The van der Waals surface area contributed by atoms with Crippen molar-refractivity contribution in [3.8, 4) is 11.5 Å². The number of methoxy groups -OCH3 is 2. The van der Waals surface area contributed by atoms with E-state index in [4.69, 9.17) is 15.2 Å². The summed E-state index contributed by atoms with van der Waals surface area (Å²) in [4.78, 5) is 0. The zero-order valence-electron chi connectivity index (χ0n) is 11.5. The van der Waals surface area contributed by atoms with E-state index in [-0.39, 0.29) is 5.92 Å². The first-order chi connectivity index (χ1) is 8.54. The van der Waals surface area contributed by atoms with Crippen molar-refractivity contribution < 1.29 is 14.6 Å². The standard InChI is InChI=1S/C14H23NO3/c1-9(2)12(8-15)14(16)11-6-5-10(17-3)7-13(11)18-4/h5-7,9,12,14,16H,8,15H2,1-4H3. The summed E-state index contributed by atoms with van der Waals surface area (Å²) in [6, 6.07) is 5.41. The summed E-state index contributed by atoms with van der Waals surface area (Å²) in [7, 11) is 3.18. The molecule has 0 aliphatic carbocycles. The predicted molar refractivity (Wildman–Crippen MR) is 71.9 cm³/mol. The average molecular weight is 253 g/mol. The highest BCUT2D eigenvalue weighted by Gasteiger charge is 2.25. The maximum atomic E-state index is 10.4. The highest BCUT2D eigenvalue weighted by Crippen LogP contribution is 2.35. The summed E-state index contributed by atoms with van der Waals surface area (Å²) in [5, 5.41) is 10.4. The van der Waals surface area contributed by atoms with Crippen molar-refractivity contribution >= 4 is 0 Å². The lowest BCUT2D eigenvalue weighted by Gasteiger charge is -2.26. The Balaban J connectivity index is 3.07. The van der Waals surface area contributed by atoms with Crippen LogP contribution in [0.15, 0.2) is 18.2 Å². The van der Waals surface area contributed by atoms with Crippen LogP contribution in [0.4, 0.5) is 0 Å². The monoisotopic (exact) mass is 253 g/mol. The number of rotatable bonds is 6. The van der Waals surface area contributed by atoms with Crippen molar-refractivity contribution in [2.45, 2.75) is 20.0 Å². The third-order valence-electron chi connectivity index (χ3n) is 3.29. The minimum Gasteiger partial charge on any atom is -0.497 e. The van der Waals surface area contributed by atoms with Gasteiger partial charge in [0, 0.05) is 17.5 Å². The van der Waals surface area contributed by atoms with Gasteiger partial charge >= 0.3 is 0 Å². The van der Waals surface area contributed by atoms with Crippen molar-refractivity contribution in [1.29, 1.82) is 0 Å². The Morgan fingerprint density at radius 3 is 2.33 bits per heavy atom. The summed E-state index contributed by atoms with van der Waals surface area (Å²) in [6.45, 7) is 4.54. The Bertz CT molecular complexity index is 379. The lowest BCUT2D eigenvalue weighted by atomic mass is 9.86. The van der Waals surface area contributed by atoms with Gasteiger partial charge in [-0.1, -0.05) is 13.8 Å².